The number of aliphatic hydroxyl groups is 1. The second kappa shape index (κ2) is 6.72. The lowest BCUT2D eigenvalue weighted by molar-refractivity contribution is 0.00193. The van der Waals surface area contributed by atoms with Gasteiger partial charge in [-0.05, 0) is 18.9 Å². The lowest BCUT2D eigenvalue weighted by Crippen LogP contribution is -2.45. The van der Waals surface area contributed by atoms with Crippen molar-refractivity contribution in [3.05, 3.63) is 29.5 Å². The van der Waals surface area contributed by atoms with Gasteiger partial charge in [0.15, 0.2) is 10.8 Å². The number of hydrogen-bond acceptors (Lipinski definition) is 6. The molecule has 0 radical (unpaired) electrons. The first-order valence-corrected chi connectivity index (χ1v) is 8.60. The molecule has 6 nitrogen and oxygen atoms in total. The summed E-state index contributed by atoms with van der Waals surface area (Å²) in [7, 11) is 0. The molecule has 0 bridgehead atoms. The van der Waals surface area contributed by atoms with Gasteiger partial charge in [0, 0.05) is 24.4 Å². The Kier molecular flexibility index (Phi) is 4.68. The van der Waals surface area contributed by atoms with E-state index in [4.69, 9.17) is 0 Å². The zero-order valence-electron chi connectivity index (χ0n) is 13.0. The number of hydrogen-bond donors (Lipinski definition) is 2. The fourth-order valence-electron chi connectivity index (χ4n) is 2.85. The van der Waals surface area contributed by atoms with Gasteiger partial charge in [0.2, 0.25) is 0 Å². The molecule has 1 amide bonds. The highest BCUT2D eigenvalue weighted by molar-refractivity contribution is 7.16. The van der Waals surface area contributed by atoms with Crippen molar-refractivity contribution in [1.29, 1.82) is 0 Å². The summed E-state index contributed by atoms with van der Waals surface area (Å²) in [6, 6.07) is 1.74. The standard InChI is InChI=1S/C16H20N4O2S/c1-16(6-3-2-5-12(16)21)10-20-14(22)11-9-19-15(23-11)13-17-7-4-8-18-13/h4,7-9,12,21H,2-3,5-6,10H2,1H3,(H,20,22)/t12-,16+/m0/s1. The minimum Gasteiger partial charge on any atom is -0.392 e. The van der Waals surface area contributed by atoms with Crippen LogP contribution in [0.2, 0.25) is 0 Å². The maximum Gasteiger partial charge on any atom is 0.263 e. The summed E-state index contributed by atoms with van der Waals surface area (Å²) >= 11 is 1.27. The van der Waals surface area contributed by atoms with Crippen LogP contribution in [0.5, 0.6) is 0 Å². The van der Waals surface area contributed by atoms with Crippen molar-refractivity contribution in [2.75, 3.05) is 6.54 Å². The normalized spacial score (nSPS) is 24.3. The highest BCUT2D eigenvalue weighted by Gasteiger charge is 2.35. The Morgan fingerprint density at radius 1 is 1.39 bits per heavy atom. The summed E-state index contributed by atoms with van der Waals surface area (Å²) in [5.41, 5.74) is -0.246. The van der Waals surface area contributed by atoms with Crippen molar-refractivity contribution in [3.8, 4) is 10.8 Å². The molecule has 1 fully saturated rings. The first kappa shape index (κ1) is 16.0. The maximum atomic E-state index is 12.3. The monoisotopic (exact) mass is 332 g/mol. The largest absolute Gasteiger partial charge is 0.392 e. The Morgan fingerprint density at radius 3 is 2.91 bits per heavy atom. The minimum absolute atomic E-state index is 0.163. The summed E-state index contributed by atoms with van der Waals surface area (Å²) in [5, 5.41) is 13.7. The van der Waals surface area contributed by atoms with Crippen molar-refractivity contribution in [2.45, 2.75) is 38.7 Å². The van der Waals surface area contributed by atoms with E-state index in [1.165, 1.54) is 11.3 Å². The molecule has 23 heavy (non-hydrogen) atoms. The number of carbonyl (C=O) groups is 1. The molecule has 0 spiro atoms. The summed E-state index contributed by atoms with van der Waals surface area (Å²) in [6.07, 6.45) is 8.38. The van der Waals surface area contributed by atoms with Gasteiger partial charge >= 0.3 is 0 Å². The number of nitrogens with zero attached hydrogens (tertiary/aromatic N) is 3. The second-order valence-electron chi connectivity index (χ2n) is 6.20. The zero-order valence-corrected chi connectivity index (χ0v) is 13.8. The number of amides is 1. The Labute approximate surface area is 139 Å². The smallest absolute Gasteiger partial charge is 0.263 e. The molecule has 2 aromatic heterocycles. The van der Waals surface area contributed by atoms with Crippen molar-refractivity contribution in [2.24, 2.45) is 5.41 Å². The fourth-order valence-corrected chi connectivity index (χ4v) is 3.63. The van der Waals surface area contributed by atoms with Gasteiger partial charge in [-0.1, -0.05) is 19.8 Å². The molecule has 1 saturated carbocycles. The number of nitrogens with one attached hydrogen (secondary N) is 1. The molecular formula is C16H20N4O2S. The first-order chi connectivity index (χ1) is 11.1. The number of carbonyl (C=O) groups excluding carboxylic acids is 1. The number of aromatic nitrogens is 3. The zero-order chi connectivity index (χ0) is 16.3. The number of aliphatic hydroxyl groups excluding tert-OH is 1. The molecule has 2 aromatic rings. The molecule has 0 aromatic carbocycles. The molecule has 7 heteroatoms. The topological polar surface area (TPSA) is 88.0 Å². The van der Waals surface area contributed by atoms with E-state index in [1.54, 1.807) is 24.7 Å². The van der Waals surface area contributed by atoms with E-state index in [1.807, 2.05) is 6.92 Å². The van der Waals surface area contributed by atoms with Crippen LogP contribution in [0, 0.1) is 5.41 Å². The maximum absolute atomic E-state index is 12.3. The van der Waals surface area contributed by atoms with E-state index < -0.39 is 0 Å². The molecule has 2 heterocycles. The molecule has 0 aliphatic heterocycles. The average Bonchev–Trinajstić information content (AvgIpc) is 3.07. The minimum atomic E-state index is -0.355. The predicted octanol–water partition coefficient (Wildman–Crippen LogP) is 2.27. The van der Waals surface area contributed by atoms with Gasteiger partial charge in [-0.3, -0.25) is 4.79 Å². The Hall–Kier alpha value is -1.86. The third-order valence-corrected chi connectivity index (χ3v) is 5.41. The second-order valence-corrected chi connectivity index (χ2v) is 7.23. The molecule has 0 unspecified atom stereocenters. The molecule has 2 atom stereocenters. The van der Waals surface area contributed by atoms with Gasteiger partial charge in [-0.2, -0.15) is 0 Å². The van der Waals surface area contributed by atoms with Gasteiger partial charge in [0.25, 0.3) is 5.91 Å². The van der Waals surface area contributed by atoms with Crippen LogP contribution in [0.15, 0.2) is 24.7 Å². The number of thiazole rings is 1. The van der Waals surface area contributed by atoms with Crippen molar-refractivity contribution < 1.29 is 9.90 Å². The average molecular weight is 332 g/mol. The lowest BCUT2D eigenvalue weighted by atomic mass is 9.73. The van der Waals surface area contributed by atoms with Gasteiger partial charge in [0.05, 0.1) is 12.3 Å². The van der Waals surface area contributed by atoms with Crippen molar-refractivity contribution >= 4 is 17.2 Å². The predicted molar refractivity (Wildman–Crippen MR) is 88.1 cm³/mol. The van der Waals surface area contributed by atoms with Gasteiger partial charge < -0.3 is 10.4 Å². The molecule has 122 valence electrons. The van der Waals surface area contributed by atoms with Crippen LogP contribution < -0.4 is 5.32 Å². The fraction of sp³-hybridized carbons (Fsp3) is 0.500. The van der Waals surface area contributed by atoms with E-state index in [9.17, 15) is 9.90 Å². The van der Waals surface area contributed by atoms with Crippen LogP contribution in [-0.4, -0.2) is 38.6 Å². The van der Waals surface area contributed by atoms with Crippen molar-refractivity contribution in [3.63, 3.8) is 0 Å². The van der Waals surface area contributed by atoms with Crippen LogP contribution in [0.1, 0.15) is 42.3 Å². The molecule has 1 aliphatic rings. The molecule has 1 aliphatic carbocycles. The van der Waals surface area contributed by atoms with Gasteiger partial charge in [-0.15, -0.1) is 11.3 Å². The molecule has 2 N–H and O–H groups in total. The van der Waals surface area contributed by atoms with Crippen molar-refractivity contribution in [1.82, 2.24) is 20.3 Å². The third-order valence-electron chi connectivity index (χ3n) is 4.42. The van der Waals surface area contributed by atoms with E-state index in [0.717, 1.165) is 25.7 Å². The molecule has 3 rings (SSSR count). The highest BCUT2D eigenvalue weighted by atomic mass is 32.1. The van der Waals surface area contributed by atoms with Gasteiger partial charge in [-0.25, -0.2) is 15.0 Å². The van der Waals surface area contributed by atoms with Crippen LogP contribution in [0.25, 0.3) is 10.8 Å². The van der Waals surface area contributed by atoms with E-state index >= 15 is 0 Å². The van der Waals surface area contributed by atoms with Crippen LogP contribution in [0.3, 0.4) is 0 Å². The third kappa shape index (κ3) is 3.56. The lowest BCUT2D eigenvalue weighted by Gasteiger charge is -2.38. The first-order valence-electron chi connectivity index (χ1n) is 7.78. The Bertz CT molecular complexity index is 676. The summed E-state index contributed by atoms with van der Waals surface area (Å²) in [6.45, 7) is 2.51. The van der Waals surface area contributed by atoms with Crippen LogP contribution in [-0.2, 0) is 0 Å². The Morgan fingerprint density at radius 2 is 2.17 bits per heavy atom. The SMILES string of the molecule is C[C@]1(CNC(=O)c2cnc(-c3ncccn3)s2)CCCC[C@@H]1O. The highest BCUT2D eigenvalue weighted by Crippen LogP contribution is 2.35. The summed E-state index contributed by atoms with van der Waals surface area (Å²) < 4.78 is 0. The number of rotatable bonds is 4. The van der Waals surface area contributed by atoms with Gasteiger partial charge in [0.1, 0.15) is 4.88 Å². The van der Waals surface area contributed by atoms with E-state index in [2.05, 4.69) is 20.3 Å². The summed E-state index contributed by atoms with van der Waals surface area (Å²) in [4.78, 5) is 25.3. The van der Waals surface area contributed by atoms with Crippen LogP contribution in [0.4, 0.5) is 0 Å². The van der Waals surface area contributed by atoms with E-state index in [-0.39, 0.29) is 17.4 Å². The quantitative estimate of drug-likeness (QED) is 0.897. The molecular weight excluding hydrogens is 312 g/mol. The van der Waals surface area contributed by atoms with Crippen LogP contribution >= 0.6 is 11.3 Å². The Balaban J connectivity index is 1.64. The molecule has 0 saturated heterocycles. The summed E-state index contributed by atoms with van der Waals surface area (Å²) in [5.74, 6) is 0.356. The van der Waals surface area contributed by atoms with E-state index in [0.29, 0.717) is 22.3 Å².